The number of alkyl halides is 6. The van der Waals surface area contributed by atoms with Gasteiger partial charge in [0.2, 0.25) is 0 Å². The second kappa shape index (κ2) is 8.80. The molecule has 30 heavy (non-hydrogen) atoms. The van der Waals surface area contributed by atoms with Gasteiger partial charge >= 0.3 is 18.3 Å². The lowest BCUT2D eigenvalue weighted by atomic mass is 9.92. The van der Waals surface area contributed by atoms with Gasteiger partial charge in [-0.1, -0.05) is 12.1 Å². The van der Waals surface area contributed by atoms with Crippen molar-refractivity contribution in [3.63, 3.8) is 0 Å². The van der Waals surface area contributed by atoms with Crippen molar-refractivity contribution in [1.82, 2.24) is 0 Å². The van der Waals surface area contributed by atoms with E-state index in [-0.39, 0.29) is 31.5 Å². The van der Waals surface area contributed by atoms with Crippen molar-refractivity contribution in [2.24, 2.45) is 0 Å². The van der Waals surface area contributed by atoms with E-state index in [4.69, 9.17) is 5.11 Å². The van der Waals surface area contributed by atoms with Gasteiger partial charge in [0.15, 0.2) is 0 Å². The number of carboxylic acid groups (broad SMARTS) is 1. The van der Waals surface area contributed by atoms with Crippen LogP contribution in [0.15, 0.2) is 24.3 Å². The number of nitrogens with zero attached hydrogens (tertiary/aromatic N) is 1. The van der Waals surface area contributed by atoms with E-state index >= 15 is 0 Å². The summed E-state index contributed by atoms with van der Waals surface area (Å²) in [5.41, 5.74) is -8.64. The highest BCUT2D eigenvalue weighted by atomic mass is 19.4. The van der Waals surface area contributed by atoms with Crippen molar-refractivity contribution in [3.05, 3.63) is 29.8 Å². The first-order chi connectivity index (χ1) is 13.4. The Bertz CT molecular complexity index is 738. The highest BCUT2D eigenvalue weighted by Crippen LogP contribution is 2.50. The van der Waals surface area contributed by atoms with Gasteiger partial charge in [-0.05, 0) is 38.8 Å². The van der Waals surface area contributed by atoms with Crippen molar-refractivity contribution in [2.75, 3.05) is 11.4 Å². The van der Waals surface area contributed by atoms with Crippen molar-refractivity contribution in [1.29, 1.82) is 0 Å². The number of carboxylic acids is 1. The van der Waals surface area contributed by atoms with Gasteiger partial charge in [-0.15, -0.1) is 0 Å². The second-order valence-electron chi connectivity index (χ2n) is 7.12. The number of rotatable bonds is 8. The Labute approximate surface area is 167 Å². The molecule has 0 aliphatic carbocycles. The molecule has 0 aromatic heterocycles. The van der Waals surface area contributed by atoms with Gasteiger partial charge in [0, 0.05) is 24.2 Å². The highest BCUT2D eigenvalue weighted by molar-refractivity contribution is 5.98. The molecule has 0 atom stereocenters. The molecule has 3 N–H and O–H groups in total. The van der Waals surface area contributed by atoms with E-state index in [2.05, 4.69) is 0 Å². The second-order valence-corrected chi connectivity index (χ2v) is 7.12. The van der Waals surface area contributed by atoms with Crippen molar-refractivity contribution in [3.8, 4) is 0 Å². The minimum absolute atomic E-state index is 0.132. The molecule has 0 unspecified atom stereocenters. The third kappa shape index (κ3) is 5.63. The van der Waals surface area contributed by atoms with Gasteiger partial charge in [0.1, 0.15) is 5.60 Å². The zero-order valence-electron chi connectivity index (χ0n) is 16.0. The molecule has 0 radical (unpaired) electrons. The monoisotopic (exact) mass is 445 g/mol. The fourth-order valence-corrected chi connectivity index (χ4v) is 2.59. The predicted octanol–water partition coefficient (Wildman–Crippen LogP) is 3.36. The molecule has 0 aliphatic rings. The van der Waals surface area contributed by atoms with Crippen molar-refractivity contribution < 1.29 is 51.3 Å². The molecule has 0 saturated heterocycles. The van der Waals surface area contributed by atoms with Crippen molar-refractivity contribution in [2.45, 2.75) is 56.7 Å². The van der Waals surface area contributed by atoms with E-state index in [1.807, 2.05) is 0 Å². The normalized spacial score (nSPS) is 13.3. The first-order valence-electron chi connectivity index (χ1n) is 8.65. The average Bonchev–Trinajstić information content (AvgIpc) is 2.58. The lowest BCUT2D eigenvalue weighted by Gasteiger charge is -2.33. The molecule has 0 spiro atoms. The lowest BCUT2D eigenvalue weighted by Crippen LogP contribution is -2.53. The summed E-state index contributed by atoms with van der Waals surface area (Å²) in [5, 5.41) is 28.0. The molecule has 6 nitrogen and oxygen atoms in total. The maximum absolute atomic E-state index is 13.0. The number of aliphatic carboxylic acids is 1. The molecule has 1 rings (SSSR count). The number of carbonyl (C=O) groups excluding carboxylic acids is 1. The summed E-state index contributed by atoms with van der Waals surface area (Å²) >= 11 is 0. The number of anilines is 1. The Morgan fingerprint density at radius 1 is 0.900 bits per heavy atom. The van der Waals surface area contributed by atoms with Crippen LogP contribution in [0.5, 0.6) is 0 Å². The molecule has 1 amide bonds. The van der Waals surface area contributed by atoms with E-state index in [1.165, 1.54) is 0 Å². The topological polar surface area (TPSA) is 98.1 Å². The van der Waals surface area contributed by atoms with Crippen LogP contribution in [0, 0.1) is 0 Å². The molecule has 1 aromatic rings. The van der Waals surface area contributed by atoms with Gasteiger partial charge in [-0.2, -0.15) is 26.3 Å². The van der Waals surface area contributed by atoms with Crippen LogP contribution in [0.4, 0.5) is 32.0 Å². The summed E-state index contributed by atoms with van der Waals surface area (Å²) < 4.78 is 77.9. The van der Waals surface area contributed by atoms with E-state index in [1.54, 1.807) is 0 Å². The van der Waals surface area contributed by atoms with Crippen molar-refractivity contribution >= 4 is 17.6 Å². The molecule has 0 bridgehead atoms. The summed E-state index contributed by atoms with van der Waals surface area (Å²) in [6, 6.07) is 2.33. The Balaban J connectivity index is 3.28. The predicted molar refractivity (Wildman–Crippen MR) is 92.6 cm³/mol. The van der Waals surface area contributed by atoms with Crippen LogP contribution in [0.1, 0.15) is 38.7 Å². The molecule has 1 aromatic carbocycles. The zero-order valence-corrected chi connectivity index (χ0v) is 16.0. The van der Waals surface area contributed by atoms with Crippen LogP contribution in [-0.4, -0.2) is 51.7 Å². The standard InChI is InChI=1S/C18H21F6NO5/c1-15(2,29)14(28)25(10-4-3-5-13(26)27)12-8-6-11(7-9-12)16(30,17(19,20)21)18(22,23)24/h6-9,29-30H,3-5,10H2,1-2H3,(H,26,27). The SMILES string of the molecule is CC(C)(O)C(=O)N(CCCCC(=O)O)c1ccc(C(O)(C(F)(F)F)C(F)(F)F)cc1. The summed E-state index contributed by atoms with van der Waals surface area (Å²) in [7, 11) is 0. The molecule has 170 valence electrons. The molecule has 0 saturated carbocycles. The van der Waals surface area contributed by atoms with Gasteiger partial charge in [0.05, 0.1) is 0 Å². The van der Waals surface area contributed by atoms with E-state index in [0.717, 1.165) is 30.9 Å². The smallest absolute Gasteiger partial charge is 0.430 e. The Kier molecular flexibility index (Phi) is 7.54. The molecular weight excluding hydrogens is 424 g/mol. The van der Waals surface area contributed by atoms with Crippen LogP contribution < -0.4 is 4.90 Å². The lowest BCUT2D eigenvalue weighted by molar-refractivity contribution is -0.376. The zero-order chi connectivity index (χ0) is 23.5. The average molecular weight is 445 g/mol. The molecule has 0 fully saturated rings. The van der Waals surface area contributed by atoms with Gasteiger partial charge < -0.3 is 20.2 Å². The maximum atomic E-state index is 13.0. The molecule has 0 aliphatic heterocycles. The van der Waals surface area contributed by atoms with Gasteiger partial charge in [0.25, 0.3) is 11.5 Å². The molecule has 0 heterocycles. The quantitative estimate of drug-likeness (QED) is 0.421. The first kappa shape index (κ1) is 25.7. The number of carbonyl (C=O) groups is 2. The highest BCUT2D eigenvalue weighted by Gasteiger charge is 2.71. The third-order valence-electron chi connectivity index (χ3n) is 4.21. The fraction of sp³-hybridized carbons (Fsp3) is 0.556. The molecule has 12 heteroatoms. The Hall–Kier alpha value is -2.34. The minimum atomic E-state index is -6.05. The number of hydrogen-bond acceptors (Lipinski definition) is 4. The third-order valence-corrected chi connectivity index (χ3v) is 4.21. The fourth-order valence-electron chi connectivity index (χ4n) is 2.59. The van der Waals surface area contributed by atoms with Crippen LogP contribution in [0.2, 0.25) is 0 Å². The van der Waals surface area contributed by atoms with E-state index in [9.17, 15) is 46.1 Å². The van der Waals surface area contributed by atoms with E-state index < -0.39 is 41.0 Å². The number of benzene rings is 1. The number of aliphatic hydroxyl groups is 2. The number of hydrogen-bond donors (Lipinski definition) is 3. The van der Waals surface area contributed by atoms with Crippen LogP contribution in [0.3, 0.4) is 0 Å². The van der Waals surface area contributed by atoms with Crippen LogP contribution in [0.25, 0.3) is 0 Å². The summed E-state index contributed by atoms with van der Waals surface area (Å²) in [6.45, 7) is 2.14. The largest absolute Gasteiger partial charge is 0.481 e. The summed E-state index contributed by atoms with van der Waals surface area (Å²) in [4.78, 5) is 23.9. The van der Waals surface area contributed by atoms with Gasteiger partial charge in [-0.25, -0.2) is 0 Å². The number of halogens is 6. The van der Waals surface area contributed by atoms with Crippen LogP contribution >= 0.6 is 0 Å². The summed E-state index contributed by atoms with van der Waals surface area (Å²) in [5.74, 6) is -1.98. The summed E-state index contributed by atoms with van der Waals surface area (Å²) in [6.07, 6.45) is -12.0. The van der Waals surface area contributed by atoms with Crippen LogP contribution in [-0.2, 0) is 15.2 Å². The van der Waals surface area contributed by atoms with Gasteiger partial charge in [-0.3, -0.25) is 9.59 Å². The number of amides is 1. The molecular formula is C18H21F6NO5. The number of unbranched alkanes of at least 4 members (excludes halogenated alkanes) is 1. The first-order valence-corrected chi connectivity index (χ1v) is 8.65. The van der Waals surface area contributed by atoms with E-state index in [0.29, 0.717) is 12.1 Å². The Morgan fingerprint density at radius 2 is 1.37 bits per heavy atom. The minimum Gasteiger partial charge on any atom is -0.481 e. The maximum Gasteiger partial charge on any atom is 0.430 e. The Morgan fingerprint density at radius 3 is 1.73 bits per heavy atom.